The van der Waals surface area contributed by atoms with Crippen LogP contribution >= 0.6 is 0 Å². The maximum Gasteiger partial charge on any atom is 0.227 e. The molecule has 1 aliphatic rings. The average Bonchev–Trinajstić information content (AvgIpc) is 3.17. The largest absolute Gasteiger partial charge is 0.472 e. The molecule has 0 bridgehead atoms. The van der Waals surface area contributed by atoms with Crippen molar-refractivity contribution in [3.05, 3.63) is 42.1 Å². The van der Waals surface area contributed by atoms with Crippen LogP contribution in [0.25, 0.3) is 0 Å². The molecule has 1 atom stereocenters. The fourth-order valence-corrected chi connectivity index (χ4v) is 4.27. The summed E-state index contributed by atoms with van der Waals surface area (Å²) >= 11 is 0. The number of hydrogen-bond acceptors (Lipinski definition) is 5. The number of aromatic nitrogens is 2. The maximum absolute atomic E-state index is 12.6. The average molecular weight is 337 g/mol. The lowest BCUT2D eigenvalue weighted by Gasteiger charge is -2.35. The zero-order valence-corrected chi connectivity index (χ0v) is 13.7. The monoisotopic (exact) mass is 337 g/mol. The van der Waals surface area contributed by atoms with Gasteiger partial charge in [0.15, 0.2) is 9.84 Å². The third-order valence-corrected chi connectivity index (χ3v) is 5.68. The number of amides is 1. The van der Waals surface area contributed by atoms with Gasteiger partial charge in [0.25, 0.3) is 0 Å². The minimum Gasteiger partial charge on any atom is -0.472 e. The van der Waals surface area contributed by atoms with Crippen molar-refractivity contribution in [2.45, 2.75) is 25.9 Å². The Labute approximate surface area is 134 Å². The molecule has 1 amide bonds. The molecule has 2 aromatic heterocycles. The molecule has 124 valence electrons. The molecular weight excluding hydrogens is 318 g/mol. The van der Waals surface area contributed by atoms with Crippen LogP contribution in [0.2, 0.25) is 0 Å². The second kappa shape index (κ2) is 6.19. The predicted octanol–water partition coefficient (Wildman–Crippen LogP) is 1.04. The summed E-state index contributed by atoms with van der Waals surface area (Å²) in [5.74, 6) is -0.155. The first-order valence-electron chi connectivity index (χ1n) is 7.52. The number of furan rings is 1. The van der Waals surface area contributed by atoms with Crippen LogP contribution in [0.5, 0.6) is 0 Å². The molecule has 1 unspecified atom stereocenters. The standard InChI is InChI=1S/C15H19N3O4S/c1-2-17-9-13(8-16-17)14-11-23(20,21)6-4-18(14)15(19)7-12-3-5-22-10-12/h3,5,8-10,14H,2,4,6-7,11H2,1H3. The van der Waals surface area contributed by atoms with Gasteiger partial charge in [0, 0.05) is 24.8 Å². The molecule has 3 rings (SSSR count). The molecule has 0 saturated carbocycles. The van der Waals surface area contributed by atoms with Gasteiger partial charge in [0.05, 0.1) is 42.7 Å². The Hall–Kier alpha value is -2.09. The highest BCUT2D eigenvalue weighted by Crippen LogP contribution is 2.27. The second-order valence-electron chi connectivity index (χ2n) is 5.66. The van der Waals surface area contributed by atoms with E-state index in [9.17, 15) is 13.2 Å². The summed E-state index contributed by atoms with van der Waals surface area (Å²) in [6.07, 6.45) is 6.71. The summed E-state index contributed by atoms with van der Waals surface area (Å²) in [5, 5.41) is 4.20. The van der Waals surface area contributed by atoms with Gasteiger partial charge < -0.3 is 9.32 Å². The SMILES string of the molecule is CCn1cc(C2CS(=O)(=O)CCN2C(=O)Cc2ccoc2)cn1. The van der Waals surface area contributed by atoms with Crippen molar-refractivity contribution >= 4 is 15.7 Å². The van der Waals surface area contributed by atoms with Crippen molar-refractivity contribution in [1.82, 2.24) is 14.7 Å². The smallest absolute Gasteiger partial charge is 0.227 e. The first kappa shape index (κ1) is 15.8. The van der Waals surface area contributed by atoms with Crippen LogP contribution < -0.4 is 0 Å². The van der Waals surface area contributed by atoms with Crippen LogP contribution in [0.4, 0.5) is 0 Å². The third-order valence-electron chi connectivity index (χ3n) is 4.05. The number of carbonyl (C=O) groups excluding carboxylic acids is 1. The molecule has 1 fully saturated rings. The first-order valence-corrected chi connectivity index (χ1v) is 9.34. The molecule has 0 N–H and O–H groups in total. The molecule has 0 aliphatic carbocycles. The number of aryl methyl sites for hydroxylation is 1. The van der Waals surface area contributed by atoms with E-state index in [4.69, 9.17) is 4.42 Å². The van der Waals surface area contributed by atoms with Crippen molar-refractivity contribution in [1.29, 1.82) is 0 Å². The fourth-order valence-electron chi connectivity index (χ4n) is 2.78. The minimum absolute atomic E-state index is 0.00252. The maximum atomic E-state index is 12.6. The molecule has 1 aliphatic heterocycles. The van der Waals surface area contributed by atoms with Crippen molar-refractivity contribution in [2.75, 3.05) is 18.1 Å². The zero-order valence-electron chi connectivity index (χ0n) is 12.9. The lowest BCUT2D eigenvalue weighted by Crippen LogP contribution is -2.46. The third kappa shape index (κ3) is 3.47. The van der Waals surface area contributed by atoms with E-state index in [1.807, 2.05) is 13.1 Å². The van der Waals surface area contributed by atoms with Gasteiger partial charge in [-0.2, -0.15) is 5.10 Å². The Bertz CT molecular complexity index is 780. The van der Waals surface area contributed by atoms with Crippen LogP contribution in [0, 0.1) is 0 Å². The van der Waals surface area contributed by atoms with Crippen molar-refractivity contribution < 1.29 is 17.6 Å². The number of rotatable bonds is 4. The number of nitrogens with zero attached hydrogens (tertiary/aromatic N) is 3. The van der Waals surface area contributed by atoms with Gasteiger partial charge in [-0.1, -0.05) is 0 Å². The highest BCUT2D eigenvalue weighted by atomic mass is 32.2. The van der Waals surface area contributed by atoms with E-state index < -0.39 is 15.9 Å². The highest BCUT2D eigenvalue weighted by Gasteiger charge is 2.35. The predicted molar refractivity (Wildman–Crippen MR) is 83.4 cm³/mol. The van der Waals surface area contributed by atoms with E-state index in [1.165, 1.54) is 12.5 Å². The molecule has 0 aromatic carbocycles. The Morgan fingerprint density at radius 1 is 1.48 bits per heavy atom. The van der Waals surface area contributed by atoms with Gasteiger partial charge in [-0.25, -0.2) is 8.42 Å². The minimum atomic E-state index is -3.16. The molecule has 1 saturated heterocycles. The van der Waals surface area contributed by atoms with E-state index in [0.717, 1.165) is 11.1 Å². The topological polar surface area (TPSA) is 85.4 Å². The molecule has 8 heteroatoms. The first-order chi connectivity index (χ1) is 11.0. The van der Waals surface area contributed by atoms with E-state index in [-0.39, 0.29) is 30.4 Å². The van der Waals surface area contributed by atoms with Gasteiger partial charge in [-0.15, -0.1) is 0 Å². The van der Waals surface area contributed by atoms with Crippen LogP contribution in [0.1, 0.15) is 24.1 Å². The van der Waals surface area contributed by atoms with Gasteiger partial charge >= 0.3 is 0 Å². The molecule has 0 spiro atoms. The second-order valence-corrected chi connectivity index (χ2v) is 7.88. The Balaban J connectivity index is 1.85. The fraction of sp³-hybridized carbons (Fsp3) is 0.467. The summed E-state index contributed by atoms with van der Waals surface area (Å²) in [5.41, 5.74) is 1.54. The van der Waals surface area contributed by atoms with Crippen molar-refractivity contribution in [3.8, 4) is 0 Å². The van der Waals surface area contributed by atoms with Gasteiger partial charge in [-0.05, 0) is 18.6 Å². The zero-order chi connectivity index (χ0) is 16.4. The van der Waals surface area contributed by atoms with Crippen LogP contribution in [0.15, 0.2) is 35.4 Å². The molecule has 0 radical (unpaired) electrons. The Morgan fingerprint density at radius 3 is 2.96 bits per heavy atom. The molecular formula is C15H19N3O4S. The van der Waals surface area contributed by atoms with Crippen LogP contribution in [0.3, 0.4) is 0 Å². The number of hydrogen-bond donors (Lipinski definition) is 0. The summed E-state index contributed by atoms with van der Waals surface area (Å²) in [7, 11) is -3.16. The molecule has 7 nitrogen and oxygen atoms in total. The summed E-state index contributed by atoms with van der Waals surface area (Å²) in [6.45, 7) is 2.86. The van der Waals surface area contributed by atoms with Crippen LogP contribution in [-0.4, -0.2) is 47.1 Å². The van der Waals surface area contributed by atoms with Crippen LogP contribution in [-0.2, 0) is 27.6 Å². The van der Waals surface area contributed by atoms with Gasteiger partial charge in [0.1, 0.15) is 0 Å². The lowest BCUT2D eigenvalue weighted by atomic mass is 10.1. The highest BCUT2D eigenvalue weighted by molar-refractivity contribution is 7.91. The Kier molecular flexibility index (Phi) is 4.25. The van der Waals surface area contributed by atoms with E-state index in [0.29, 0.717) is 6.54 Å². The molecule has 3 heterocycles. The Morgan fingerprint density at radius 2 is 2.30 bits per heavy atom. The van der Waals surface area contributed by atoms with Crippen molar-refractivity contribution in [2.24, 2.45) is 0 Å². The molecule has 23 heavy (non-hydrogen) atoms. The van der Waals surface area contributed by atoms with Gasteiger partial charge in [-0.3, -0.25) is 9.48 Å². The number of carbonyl (C=O) groups is 1. The number of sulfone groups is 1. The molecule has 2 aromatic rings. The lowest BCUT2D eigenvalue weighted by molar-refractivity contribution is -0.132. The summed E-state index contributed by atoms with van der Waals surface area (Å²) in [4.78, 5) is 14.2. The quantitative estimate of drug-likeness (QED) is 0.832. The van der Waals surface area contributed by atoms with Crippen molar-refractivity contribution in [3.63, 3.8) is 0 Å². The van der Waals surface area contributed by atoms with E-state index >= 15 is 0 Å². The van der Waals surface area contributed by atoms with E-state index in [1.54, 1.807) is 21.8 Å². The van der Waals surface area contributed by atoms with E-state index in [2.05, 4.69) is 5.10 Å². The summed E-state index contributed by atoms with van der Waals surface area (Å²) in [6, 6.07) is 1.26. The summed E-state index contributed by atoms with van der Waals surface area (Å²) < 4.78 is 30.7. The van der Waals surface area contributed by atoms with Gasteiger partial charge in [0.2, 0.25) is 5.91 Å². The normalized spacial score (nSPS) is 20.6.